The van der Waals surface area contributed by atoms with Crippen molar-refractivity contribution in [2.24, 2.45) is 5.41 Å². The van der Waals surface area contributed by atoms with Crippen molar-refractivity contribution in [3.8, 4) is 0 Å². The lowest BCUT2D eigenvalue weighted by Gasteiger charge is -2.26. The fraction of sp³-hybridized carbons (Fsp3) is 0.400. The van der Waals surface area contributed by atoms with Gasteiger partial charge in [-0.2, -0.15) is 0 Å². The van der Waals surface area contributed by atoms with Crippen molar-refractivity contribution in [2.45, 2.75) is 46.6 Å². The Balaban J connectivity index is 2.45. The molecule has 134 valence electrons. The molecule has 1 aromatic carbocycles. The molecule has 1 aromatic heterocycles. The molecule has 1 heterocycles. The van der Waals surface area contributed by atoms with E-state index in [1.165, 1.54) is 6.92 Å². The largest absolute Gasteiger partial charge is 0.461 e. The van der Waals surface area contributed by atoms with Crippen LogP contribution < -0.4 is 0 Å². The molecule has 2 rings (SSSR count). The summed E-state index contributed by atoms with van der Waals surface area (Å²) < 4.78 is 6.08. The monoisotopic (exact) mass is 405 g/mol. The zero-order valence-corrected chi connectivity index (χ0v) is 16.6. The fourth-order valence-corrected chi connectivity index (χ4v) is 3.21. The van der Waals surface area contributed by atoms with E-state index >= 15 is 0 Å². The van der Waals surface area contributed by atoms with Crippen LogP contribution in [0.5, 0.6) is 0 Å². The van der Waals surface area contributed by atoms with Crippen LogP contribution in [0.4, 0.5) is 0 Å². The second-order valence-corrected chi connectivity index (χ2v) is 8.11. The molecule has 1 unspecified atom stereocenters. The molecule has 0 radical (unpaired) electrons. The average Bonchev–Trinajstić information content (AvgIpc) is 3.02. The van der Waals surface area contributed by atoms with Gasteiger partial charge in [0.15, 0.2) is 0 Å². The number of hydrogen-bond donors (Lipinski definition) is 1. The van der Waals surface area contributed by atoms with E-state index in [1.807, 2.05) is 57.3 Å². The van der Waals surface area contributed by atoms with E-state index in [0.717, 1.165) is 21.3 Å². The van der Waals surface area contributed by atoms with Crippen LogP contribution in [-0.2, 0) is 27.4 Å². The number of ether oxygens (including phenoxy) is 1. The summed E-state index contributed by atoms with van der Waals surface area (Å²) in [5.41, 5.74) is 2.28. The Morgan fingerprint density at radius 3 is 2.52 bits per heavy atom. The van der Waals surface area contributed by atoms with Gasteiger partial charge in [0.1, 0.15) is 12.4 Å². The van der Waals surface area contributed by atoms with Crippen molar-refractivity contribution in [1.29, 1.82) is 0 Å². The smallest absolute Gasteiger partial charge is 0.302 e. The number of benzene rings is 1. The SMILES string of the molecule is CC(=O)OCc1cc(Br)ccc1C(Cc1ccc[nH]1)C(=O)C(C)(C)C. The first-order valence-electron chi connectivity index (χ1n) is 8.26. The van der Waals surface area contributed by atoms with Gasteiger partial charge in [-0.05, 0) is 35.4 Å². The molecule has 2 aromatic rings. The maximum atomic E-state index is 13.1. The third kappa shape index (κ3) is 5.30. The maximum absolute atomic E-state index is 13.1. The first kappa shape index (κ1) is 19.4. The molecular formula is C20H24BrNO3. The molecule has 0 spiro atoms. The summed E-state index contributed by atoms with van der Waals surface area (Å²) >= 11 is 3.46. The molecule has 5 heteroatoms. The van der Waals surface area contributed by atoms with E-state index in [2.05, 4.69) is 20.9 Å². The Morgan fingerprint density at radius 1 is 1.24 bits per heavy atom. The number of hydrogen-bond acceptors (Lipinski definition) is 3. The number of H-pyrrole nitrogens is 1. The highest BCUT2D eigenvalue weighted by Crippen LogP contribution is 2.33. The number of halogens is 1. The highest BCUT2D eigenvalue weighted by atomic mass is 79.9. The van der Waals surface area contributed by atoms with Crippen molar-refractivity contribution in [2.75, 3.05) is 0 Å². The molecular weight excluding hydrogens is 382 g/mol. The minimum Gasteiger partial charge on any atom is -0.461 e. The summed E-state index contributed by atoms with van der Waals surface area (Å²) in [5.74, 6) is -0.486. The predicted octanol–water partition coefficient (Wildman–Crippen LogP) is 4.78. The van der Waals surface area contributed by atoms with Crippen molar-refractivity contribution in [3.63, 3.8) is 0 Å². The maximum Gasteiger partial charge on any atom is 0.302 e. The molecule has 0 saturated heterocycles. The first-order chi connectivity index (χ1) is 11.7. The lowest BCUT2D eigenvalue weighted by atomic mass is 9.77. The predicted molar refractivity (Wildman–Crippen MR) is 101 cm³/mol. The molecule has 0 aliphatic rings. The van der Waals surface area contributed by atoms with Crippen LogP contribution in [0, 0.1) is 5.41 Å². The number of carbonyl (C=O) groups is 2. The van der Waals surface area contributed by atoms with Crippen LogP contribution in [-0.4, -0.2) is 16.7 Å². The van der Waals surface area contributed by atoms with Crippen LogP contribution in [0.3, 0.4) is 0 Å². The van der Waals surface area contributed by atoms with Gasteiger partial charge in [0.2, 0.25) is 0 Å². The van der Waals surface area contributed by atoms with Crippen LogP contribution in [0.2, 0.25) is 0 Å². The quantitative estimate of drug-likeness (QED) is 0.703. The molecule has 1 atom stereocenters. The van der Waals surface area contributed by atoms with Crippen molar-refractivity contribution >= 4 is 27.7 Å². The van der Waals surface area contributed by atoms with Crippen molar-refractivity contribution < 1.29 is 14.3 Å². The Labute approximate surface area is 157 Å². The number of Topliss-reactive ketones (excluding diaryl/α,β-unsaturated/α-hetero) is 1. The lowest BCUT2D eigenvalue weighted by molar-refractivity contribution is -0.142. The highest BCUT2D eigenvalue weighted by Gasteiger charge is 2.32. The molecule has 0 aliphatic heterocycles. The zero-order valence-electron chi connectivity index (χ0n) is 15.1. The normalized spacial score (nSPS) is 12.7. The summed E-state index contributed by atoms with van der Waals surface area (Å²) in [6, 6.07) is 9.68. The van der Waals surface area contributed by atoms with Gasteiger partial charge in [-0.25, -0.2) is 0 Å². The number of ketones is 1. The van der Waals surface area contributed by atoms with Gasteiger partial charge in [0, 0.05) is 41.0 Å². The number of rotatable bonds is 6. The third-order valence-electron chi connectivity index (χ3n) is 4.05. The highest BCUT2D eigenvalue weighted by molar-refractivity contribution is 9.10. The van der Waals surface area contributed by atoms with Crippen LogP contribution in [0.15, 0.2) is 41.0 Å². The first-order valence-corrected chi connectivity index (χ1v) is 9.06. The number of aromatic amines is 1. The zero-order chi connectivity index (χ0) is 18.6. The summed E-state index contributed by atoms with van der Waals surface area (Å²) in [4.78, 5) is 27.5. The fourth-order valence-electron chi connectivity index (χ4n) is 2.80. The summed E-state index contributed by atoms with van der Waals surface area (Å²) in [5, 5.41) is 0. The van der Waals surface area contributed by atoms with Gasteiger partial charge < -0.3 is 9.72 Å². The number of aromatic nitrogens is 1. The standard InChI is InChI=1S/C20H24BrNO3/c1-13(23)25-12-14-10-15(21)7-8-17(14)18(19(24)20(2,3)4)11-16-6-5-9-22-16/h5-10,18,22H,11-12H2,1-4H3. The third-order valence-corrected chi connectivity index (χ3v) is 4.55. The van der Waals surface area contributed by atoms with E-state index in [-0.39, 0.29) is 24.3 Å². The summed E-state index contributed by atoms with van der Waals surface area (Å²) in [7, 11) is 0. The van der Waals surface area contributed by atoms with E-state index in [9.17, 15) is 9.59 Å². The second-order valence-electron chi connectivity index (χ2n) is 7.19. The number of nitrogens with one attached hydrogen (secondary N) is 1. The molecule has 1 N–H and O–H groups in total. The Morgan fingerprint density at radius 2 is 1.96 bits per heavy atom. The van der Waals surface area contributed by atoms with Crippen molar-refractivity contribution in [3.05, 3.63) is 57.8 Å². The van der Waals surface area contributed by atoms with Gasteiger partial charge in [-0.1, -0.05) is 42.8 Å². The second kappa shape index (κ2) is 8.00. The van der Waals surface area contributed by atoms with Gasteiger partial charge in [0.25, 0.3) is 0 Å². The van der Waals surface area contributed by atoms with Crippen molar-refractivity contribution in [1.82, 2.24) is 4.98 Å². The summed E-state index contributed by atoms with van der Waals surface area (Å²) in [6.07, 6.45) is 2.44. The van der Waals surface area contributed by atoms with E-state index < -0.39 is 5.41 Å². The lowest BCUT2D eigenvalue weighted by Crippen LogP contribution is -2.29. The molecule has 0 bridgehead atoms. The molecule has 0 saturated carbocycles. The minimum absolute atomic E-state index is 0.156. The van der Waals surface area contributed by atoms with E-state index in [0.29, 0.717) is 6.42 Å². The average molecular weight is 406 g/mol. The van der Waals surface area contributed by atoms with Crippen LogP contribution >= 0.6 is 15.9 Å². The van der Waals surface area contributed by atoms with Gasteiger partial charge in [-0.3, -0.25) is 9.59 Å². The van der Waals surface area contributed by atoms with E-state index in [1.54, 1.807) is 0 Å². The summed E-state index contributed by atoms with van der Waals surface area (Å²) in [6.45, 7) is 7.34. The Hall–Kier alpha value is -1.88. The molecule has 25 heavy (non-hydrogen) atoms. The van der Waals surface area contributed by atoms with Gasteiger partial charge in [-0.15, -0.1) is 0 Å². The minimum atomic E-state index is -0.469. The van der Waals surface area contributed by atoms with E-state index in [4.69, 9.17) is 4.74 Å². The van der Waals surface area contributed by atoms with Gasteiger partial charge in [0.05, 0.1) is 0 Å². The Bertz CT molecular complexity index is 745. The molecule has 0 amide bonds. The van der Waals surface area contributed by atoms with Crippen LogP contribution in [0.1, 0.15) is 50.4 Å². The molecule has 0 aliphatic carbocycles. The van der Waals surface area contributed by atoms with Gasteiger partial charge >= 0.3 is 5.97 Å². The molecule has 0 fully saturated rings. The number of carbonyl (C=O) groups excluding carboxylic acids is 2. The molecule has 4 nitrogen and oxygen atoms in total. The number of esters is 1. The van der Waals surface area contributed by atoms with Crippen LogP contribution in [0.25, 0.3) is 0 Å². The topological polar surface area (TPSA) is 59.2 Å². The Kier molecular flexibility index (Phi) is 6.22.